The largest absolute Gasteiger partial charge is 0.435 e. The molecule has 1 aliphatic rings. The molecule has 0 bridgehead atoms. The molecule has 3 nitrogen and oxygen atoms in total. The summed E-state index contributed by atoms with van der Waals surface area (Å²) in [5.41, 5.74) is 0. The van der Waals surface area contributed by atoms with Crippen molar-refractivity contribution in [3.63, 3.8) is 0 Å². The Hall–Kier alpha value is -0.830. The van der Waals surface area contributed by atoms with Gasteiger partial charge in [0.05, 0.1) is 19.0 Å². The van der Waals surface area contributed by atoms with Gasteiger partial charge in [0.1, 0.15) is 0 Å². The Morgan fingerprint density at radius 2 is 2.60 bits per heavy atom. The van der Waals surface area contributed by atoms with Crippen LogP contribution in [0.25, 0.3) is 0 Å². The topological polar surface area (TPSA) is 38.8 Å². The lowest BCUT2D eigenvalue weighted by atomic mass is 10.2. The number of epoxide rings is 1. The van der Waals surface area contributed by atoms with Gasteiger partial charge in [-0.05, 0) is 6.42 Å². The van der Waals surface area contributed by atoms with Crippen molar-refractivity contribution < 1.29 is 14.3 Å². The van der Waals surface area contributed by atoms with Crippen LogP contribution in [0.3, 0.4) is 0 Å². The van der Waals surface area contributed by atoms with Gasteiger partial charge in [-0.2, -0.15) is 0 Å². The monoisotopic (exact) mass is 142 g/mol. The zero-order valence-corrected chi connectivity index (χ0v) is 5.71. The van der Waals surface area contributed by atoms with Crippen LogP contribution in [0.5, 0.6) is 0 Å². The van der Waals surface area contributed by atoms with Crippen molar-refractivity contribution >= 4 is 5.97 Å². The number of carbonyl (C=O) groups excluding carboxylic acids is 1. The number of esters is 1. The first kappa shape index (κ1) is 7.28. The van der Waals surface area contributed by atoms with Gasteiger partial charge < -0.3 is 9.47 Å². The van der Waals surface area contributed by atoms with E-state index in [0.29, 0.717) is 12.5 Å². The predicted molar refractivity (Wildman–Crippen MR) is 35.3 cm³/mol. The van der Waals surface area contributed by atoms with Crippen molar-refractivity contribution in [3.05, 3.63) is 12.8 Å². The molecule has 1 rings (SSSR count). The van der Waals surface area contributed by atoms with Crippen LogP contribution < -0.4 is 0 Å². The Labute approximate surface area is 59.6 Å². The van der Waals surface area contributed by atoms with E-state index in [0.717, 1.165) is 19.3 Å². The summed E-state index contributed by atoms with van der Waals surface area (Å²) in [6.45, 7) is 4.06. The number of carbonyl (C=O) groups is 1. The second-order valence-corrected chi connectivity index (χ2v) is 2.15. The summed E-state index contributed by atoms with van der Waals surface area (Å²) in [6, 6.07) is 0. The molecular formula is C7H10O3. The van der Waals surface area contributed by atoms with Crippen LogP contribution in [0.15, 0.2) is 12.8 Å². The van der Waals surface area contributed by atoms with E-state index >= 15 is 0 Å². The molecule has 0 radical (unpaired) electrons. The van der Waals surface area contributed by atoms with E-state index in [1.807, 2.05) is 0 Å². The van der Waals surface area contributed by atoms with Gasteiger partial charge in [0.15, 0.2) is 0 Å². The normalized spacial score (nSPS) is 21.8. The van der Waals surface area contributed by atoms with Crippen LogP contribution in [0, 0.1) is 0 Å². The number of rotatable bonds is 4. The van der Waals surface area contributed by atoms with E-state index in [1.54, 1.807) is 0 Å². The van der Waals surface area contributed by atoms with Crippen LogP contribution in [0.2, 0.25) is 0 Å². The van der Waals surface area contributed by atoms with E-state index in [-0.39, 0.29) is 5.97 Å². The molecule has 1 fully saturated rings. The van der Waals surface area contributed by atoms with E-state index in [4.69, 9.17) is 4.74 Å². The fourth-order valence-corrected chi connectivity index (χ4v) is 0.665. The van der Waals surface area contributed by atoms with Crippen molar-refractivity contribution in [1.29, 1.82) is 0 Å². The maximum absolute atomic E-state index is 10.6. The van der Waals surface area contributed by atoms with Gasteiger partial charge in [0, 0.05) is 6.42 Å². The molecule has 0 aromatic rings. The van der Waals surface area contributed by atoms with Gasteiger partial charge in [-0.3, -0.25) is 4.79 Å². The number of hydrogen-bond donors (Lipinski definition) is 0. The fourth-order valence-electron chi connectivity index (χ4n) is 0.665. The minimum atomic E-state index is -0.231. The SMILES string of the molecule is C=COC(=O)CCC1CO1. The first-order valence-corrected chi connectivity index (χ1v) is 3.25. The molecule has 3 heteroatoms. The van der Waals surface area contributed by atoms with Crippen molar-refractivity contribution in [2.45, 2.75) is 18.9 Å². The summed E-state index contributed by atoms with van der Waals surface area (Å²) >= 11 is 0. The van der Waals surface area contributed by atoms with Gasteiger partial charge in [0.25, 0.3) is 0 Å². The Kier molecular flexibility index (Phi) is 2.45. The lowest BCUT2D eigenvalue weighted by molar-refractivity contribution is -0.138. The van der Waals surface area contributed by atoms with E-state index in [1.165, 1.54) is 0 Å². The van der Waals surface area contributed by atoms with Crippen molar-refractivity contribution in [2.24, 2.45) is 0 Å². The lowest BCUT2D eigenvalue weighted by Crippen LogP contribution is -2.00. The quantitative estimate of drug-likeness (QED) is 0.332. The van der Waals surface area contributed by atoms with Crippen LogP contribution in [-0.2, 0) is 14.3 Å². The zero-order valence-electron chi connectivity index (χ0n) is 5.71. The predicted octanol–water partition coefficient (Wildman–Crippen LogP) is 0.852. The summed E-state index contributed by atoms with van der Waals surface area (Å²) < 4.78 is 9.39. The molecule has 0 aromatic heterocycles. The summed E-state index contributed by atoms with van der Waals surface area (Å²) in [6.07, 6.45) is 2.65. The maximum atomic E-state index is 10.6. The molecule has 0 spiro atoms. The van der Waals surface area contributed by atoms with Gasteiger partial charge in [-0.15, -0.1) is 0 Å². The second-order valence-electron chi connectivity index (χ2n) is 2.15. The molecule has 56 valence electrons. The van der Waals surface area contributed by atoms with E-state index in [9.17, 15) is 4.79 Å². The Morgan fingerprint density at radius 1 is 1.90 bits per heavy atom. The minimum Gasteiger partial charge on any atom is -0.435 e. The molecule has 0 N–H and O–H groups in total. The van der Waals surface area contributed by atoms with Crippen molar-refractivity contribution in [3.8, 4) is 0 Å². The second kappa shape index (κ2) is 3.37. The number of hydrogen-bond acceptors (Lipinski definition) is 3. The minimum absolute atomic E-state index is 0.231. The molecule has 0 amide bonds. The molecule has 1 atom stereocenters. The highest BCUT2D eigenvalue weighted by atomic mass is 16.6. The smallest absolute Gasteiger partial charge is 0.310 e. The third-order valence-electron chi connectivity index (χ3n) is 1.29. The van der Waals surface area contributed by atoms with Gasteiger partial charge in [-0.1, -0.05) is 6.58 Å². The lowest BCUT2D eigenvalue weighted by Gasteiger charge is -1.94. The molecule has 1 aliphatic heterocycles. The maximum Gasteiger partial charge on any atom is 0.310 e. The van der Waals surface area contributed by atoms with Crippen LogP contribution in [0.1, 0.15) is 12.8 Å². The van der Waals surface area contributed by atoms with Crippen molar-refractivity contribution in [1.82, 2.24) is 0 Å². The summed E-state index contributed by atoms with van der Waals surface area (Å²) in [4.78, 5) is 10.6. The molecule has 1 heterocycles. The highest BCUT2D eigenvalue weighted by Gasteiger charge is 2.22. The van der Waals surface area contributed by atoms with Crippen LogP contribution in [0.4, 0.5) is 0 Å². The Bertz CT molecular complexity index is 138. The molecule has 0 aliphatic carbocycles. The molecule has 1 saturated heterocycles. The molecule has 0 saturated carbocycles. The Balaban J connectivity index is 1.99. The van der Waals surface area contributed by atoms with Gasteiger partial charge >= 0.3 is 5.97 Å². The van der Waals surface area contributed by atoms with Gasteiger partial charge in [-0.25, -0.2) is 0 Å². The molecule has 10 heavy (non-hydrogen) atoms. The fraction of sp³-hybridized carbons (Fsp3) is 0.571. The highest BCUT2D eigenvalue weighted by Crippen LogP contribution is 2.15. The zero-order chi connectivity index (χ0) is 7.40. The van der Waals surface area contributed by atoms with Crippen LogP contribution in [-0.4, -0.2) is 18.7 Å². The number of ether oxygens (including phenoxy) is 2. The molecular weight excluding hydrogens is 132 g/mol. The first-order chi connectivity index (χ1) is 4.83. The molecule has 1 unspecified atom stereocenters. The van der Waals surface area contributed by atoms with E-state index < -0.39 is 0 Å². The van der Waals surface area contributed by atoms with E-state index in [2.05, 4.69) is 11.3 Å². The average molecular weight is 142 g/mol. The van der Waals surface area contributed by atoms with Crippen molar-refractivity contribution in [2.75, 3.05) is 6.61 Å². The average Bonchev–Trinajstić information content (AvgIpc) is 2.67. The Morgan fingerprint density at radius 3 is 3.10 bits per heavy atom. The van der Waals surface area contributed by atoms with Crippen LogP contribution >= 0.6 is 0 Å². The summed E-state index contributed by atoms with van der Waals surface area (Å²) in [7, 11) is 0. The standard InChI is InChI=1S/C7H10O3/c1-2-9-7(8)4-3-6-5-10-6/h2,6H,1,3-5H2. The molecule has 0 aromatic carbocycles. The van der Waals surface area contributed by atoms with Gasteiger partial charge in [0.2, 0.25) is 0 Å². The highest BCUT2D eigenvalue weighted by molar-refractivity contribution is 5.69. The third kappa shape index (κ3) is 2.64. The summed E-state index contributed by atoms with van der Waals surface area (Å²) in [5.74, 6) is -0.231. The summed E-state index contributed by atoms with van der Waals surface area (Å²) in [5, 5.41) is 0. The third-order valence-corrected chi connectivity index (χ3v) is 1.29. The first-order valence-electron chi connectivity index (χ1n) is 3.25.